The second-order valence-electron chi connectivity index (χ2n) is 7.01. The molecule has 1 amide bonds. The van der Waals surface area contributed by atoms with Crippen LogP contribution in [0.15, 0.2) is 48.5 Å². The van der Waals surface area contributed by atoms with Crippen molar-refractivity contribution in [3.8, 4) is 17.6 Å². The second kappa shape index (κ2) is 6.86. The minimum atomic E-state index is -0.0986. The monoisotopic (exact) mass is 346 g/mol. The van der Waals surface area contributed by atoms with Crippen LogP contribution in [0.1, 0.15) is 29.5 Å². The first kappa shape index (κ1) is 16.7. The van der Waals surface area contributed by atoms with Gasteiger partial charge in [0.05, 0.1) is 6.61 Å². The molecule has 2 aromatic carbocycles. The molecule has 1 spiro atoms. The first-order valence-electron chi connectivity index (χ1n) is 9.02. The first-order chi connectivity index (χ1) is 12.7. The first-order valence-corrected chi connectivity index (χ1v) is 9.02. The Labute approximate surface area is 154 Å². The van der Waals surface area contributed by atoms with Gasteiger partial charge in [0.2, 0.25) is 0 Å². The molecule has 4 rings (SSSR count). The Bertz CT molecular complexity index is 872. The predicted molar refractivity (Wildman–Crippen MR) is 101 cm³/mol. The molecule has 2 aliphatic rings. The number of amides is 1. The predicted octanol–water partition coefficient (Wildman–Crippen LogP) is 2.45. The fraction of sp³-hybridized carbons (Fsp3) is 0.318. The van der Waals surface area contributed by atoms with Crippen LogP contribution in [0.4, 0.5) is 0 Å². The molecule has 0 aromatic heterocycles. The fourth-order valence-corrected chi connectivity index (χ4v) is 3.82. The lowest BCUT2D eigenvalue weighted by Gasteiger charge is -2.37. The summed E-state index contributed by atoms with van der Waals surface area (Å²) in [6.07, 6.45) is 1.79. The van der Waals surface area contributed by atoms with Crippen LogP contribution in [-0.2, 0) is 16.8 Å². The van der Waals surface area contributed by atoms with Gasteiger partial charge in [0, 0.05) is 42.1 Å². The zero-order valence-corrected chi connectivity index (χ0v) is 14.7. The van der Waals surface area contributed by atoms with E-state index in [1.54, 1.807) is 0 Å². The molecular weight excluding hydrogens is 324 g/mol. The van der Waals surface area contributed by atoms with Crippen molar-refractivity contribution in [3.63, 3.8) is 0 Å². The van der Waals surface area contributed by atoms with Crippen molar-refractivity contribution in [2.24, 2.45) is 5.73 Å². The number of likely N-dealkylation sites (tertiary alicyclic amines) is 1. The van der Waals surface area contributed by atoms with E-state index < -0.39 is 0 Å². The lowest BCUT2D eigenvalue weighted by molar-refractivity contribution is -0.126. The molecule has 0 bridgehead atoms. The maximum Gasteiger partial charge on any atom is 0.298 e. The maximum absolute atomic E-state index is 12.4. The van der Waals surface area contributed by atoms with Gasteiger partial charge in [-0.25, -0.2) is 0 Å². The smallest absolute Gasteiger partial charge is 0.298 e. The van der Waals surface area contributed by atoms with E-state index in [0.717, 1.165) is 29.7 Å². The molecule has 4 nitrogen and oxygen atoms in total. The van der Waals surface area contributed by atoms with Crippen LogP contribution in [0.5, 0.6) is 5.75 Å². The molecule has 26 heavy (non-hydrogen) atoms. The van der Waals surface area contributed by atoms with Gasteiger partial charge in [0.1, 0.15) is 5.75 Å². The average molecular weight is 346 g/mol. The summed E-state index contributed by atoms with van der Waals surface area (Å²) in [5.41, 5.74) is 9.04. The molecule has 2 N–H and O–H groups in total. The van der Waals surface area contributed by atoms with Gasteiger partial charge < -0.3 is 15.4 Å². The number of nitrogens with two attached hydrogens (primary N) is 1. The number of rotatable bonds is 1. The summed E-state index contributed by atoms with van der Waals surface area (Å²) >= 11 is 0. The van der Waals surface area contributed by atoms with Gasteiger partial charge in [-0.05, 0) is 36.6 Å². The van der Waals surface area contributed by atoms with Crippen molar-refractivity contribution in [3.05, 3.63) is 65.2 Å². The largest absolute Gasteiger partial charge is 0.492 e. The Morgan fingerprint density at radius 3 is 2.65 bits per heavy atom. The van der Waals surface area contributed by atoms with Gasteiger partial charge in [-0.15, -0.1) is 0 Å². The van der Waals surface area contributed by atoms with Gasteiger partial charge in [-0.3, -0.25) is 4.79 Å². The quantitative estimate of drug-likeness (QED) is 0.807. The molecule has 1 fully saturated rings. The molecule has 0 atom stereocenters. The van der Waals surface area contributed by atoms with Gasteiger partial charge in [0.25, 0.3) is 5.91 Å². The standard InChI is InChI=1S/C22H22N2O2/c23-15-18-6-8-20-19(14-18)22(16-26-20)10-12-24(13-11-22)21(25)9-7-17-4-2-1-3-5-17/h1-6,8,14H,10-13,15-16,23H2. The highest BCUT2D eigenvalue weighted by atomic mass is 16.5. The Balaban J connectivity index is 1.46. The number of hydrogen-bond acceptors (Lipinski definition) is 3. The summed E-state index contributed by atoms with van der Waals surface area (Å²) in [5, 5.41) is 0. The van der Waals surface area contributed by atoms with Crippen LogP contribution in [0.2, 0.25) is 0 Å². The number of piperidine rings is 1. The van der Waals surface area contributed by atoms with E-state index in [1.165, 1.54) is 5.56 Å². The van der Waals surface area contributed by atoms with E-state index in [9.17, 15) is 4.79 Å². The van der Waals surface area contributed by atoms with Gasteiger partial charge in [-0.2, -0.15) is 0 Å². The minimum Gasteiger partial charge on any atom is -0.492 e. The van der Waals surface area contributed by atoms with E-state index in [1.807, 2.05) is 47.4 Å². The molecule has 0 saturated carbocycles. The van der Waals surface area contributed by atoms with Gasteiger partial charge >= 0.3 is 0 Å². The minimum absolute atomic E-state index is 0.00412. The lowest BCUT2D eigenvalue weighted by Crippen LogP contribution is -2.45. The van der Waals surface area contributed by atoms with Crippen molar-refractivity contribution in [2.75, 3.05) is 19.7 Å². The number of carbonyl (C=O) groups is 1. The molecule has 1 saturated heterocycles. The molecule has 0 unspecified atom stereocenters. The summed E-state index contributed by atoms with van der Waals surface area (Å²) < 4.78 is 5.92. The molecule has 132 valence electrons. The molecule has 2 aliphatic heterocycles. The number of fused-ring (bicyclic) bond motifs is 2. The van der Waals surface area contributed by atoms with Crippen LogP contribution in [0.3, 0.4) is 0 Å². The zero-order chi connectivity index (χ0) is 18.0. The average Bonchev–Trinajstić information content (AvgIpc) is 3.05. The van der Waals surface area contributed by atoms with Crippen molar-refractivity contribution >= 4 is 5.91 Å². The molecule has 0 radical (unpaired) electrons. The van der Waals surface area contributed by atoms with E-state index in [2.05, 4.69) is 17.9 Å². The highest BCUT2D eigenvalue weighted by Crippen LogP contribution is 2.45. The third-order valence-corrected chi connectivity index (χ3v) is 5.45. The summed E-state index contributed by atoms with van der Waals surface area (Å²) in [5.74, 6) is 6.59. The highest BCUT2D eigenvalue weighted by molar-refractivity contribution is 5.94. The van der Waals surface area contributed by atoms with Gasteiger partial charge in [0.15, 0.2) is 0 Å². The number of carbonyl (C=O) groups excluding carboxylic acids is 1. The topological polar surface area (TPSA) is 55.6 Å². The zero-order valence-electron chi connectivity index (χ0n) is 14.7. The Morgan fingerprint density at radius 2 is 1.92 bits per heavy atom. The molecule has 2 heterocycles. The molecule has 0 aliphatic carbocycles. The van der Waals surface area contributed by atoms with Crippen LogP contribution in [0.25, 0.3) is 0 Å². The summed E-state index contributed by atoms with van der Waals surface area (Å²) in [7, 11) is 0. The number of hydrogen-bond donors (Lipinski definition) is 1. The second-order valence-corrected chi connectivity index (χ2v) is 7.01. The van der Waals surface area contributed by atoms with E-state index in [-0.39, 0.29) is 11.3 Å². The summed E-state index contributed by atoms with van der Waals surface area (Å²) in [6.45, 7) is 2.63. The van der Waals surface area contributed by atoms with E-state index in [0.29, 0.717) is 26.2 Å². The summed E-state index contributed by atoms with van der Waals surface area (Å²) in [6, 6.07) is 15.8. The van der Waals surface area contributed by atoms with Crippen molar-refractivity contribution in [1.82, 2.24) is 4.90 Å². The SMILES string of the molecule is NCc1ccc2c(c1)C1(CCN(C(=O)C#Cc3ccccc3)CC1)CO2. The van der Waals surface area contributed by atoms with Crippen molar-refractivity contribution in [2.45, 2.75) is 24.8 Å². The van der Waals surface area contributed by atoms with E-state index in [4.69, 9.17) is 10.5 Å². The Kier molecular flexibility index (Phi) is 4.40. The van der Waals surface area contributed by atoms with Crippen LogP contribution in [0, 0.1) is 11.8 Å². The Morgan fingerprint density at radius 1 is 1.15 bits per heavy atom. The molecular formula is C22H22N2O2. The fourth-order valence-electron chi connectivity index (χ4n) is 3.82. The van der Waals surface area contributed by atoms with Crippen LogP contribution >= 0.6 is 0 Å². The Hall–Kier alpha value is -2.77. The maximum atomic E-state index is 12.4. The number of ether oxygens (including phenoxy) is 1. The third kappa shape index (κ3) is 3.07. The van der Waals surface area contributed by atoms with Crippen molar-refractivity contribution in [1.29, 1.82) is 0 Å². The third-order valence-electron chi connectivity index (χ3n) is 5.45. The number of benzene rings is 2. The lowest BCUT2D eigenvalue weighted by atomic mass is 9.74. The number of nitrogens with zero attached hydrogens (tertiary/aromatic N) is 1. The van der Waals surface area contributed by atoms with Crippen LogP contribution in [-0.4, -0.2) is 30.5 Å². The molecule has 2 aromatic rings. The highest BCUT2D eigenvalue weighted by Gasteiger charge is 2.43. The molecule has 4 heteroatoms. The summed E-state index contributed by atoms with van der Waals surface area (Å²) in [4.78, 5) is 14.3. The van der Waals surface area contributed by atoms with Gasteiger partial charge in [-0.1, -0.05) is 36.3 Å². The van der Waals surface area contributed by atoms with Crippen molar-refractivity contribution < 1.29 is 9.53 Å². The van der Waals surface area contributed by atoms with E-state index >= 15 is 0 Å². The van der Waals surface area contributed by atoms with Crippen LogP contribution < -0.4 is 10.5 Å². The normalized spacial score (nSPS) is 17.2.